The fraction of sp³-hybridized carbons (Fsp3) is 0.500. The topological polar surface area (TPSA) is 133 Å². The zero-order valence-electron chi connectivity index (χ0n) is 18.8. The van der Waals surface area contributed by atoms with Crippen LogP contribution in [0.25, 0.3) is 11.4 Å². The number of hydrogen-bond donors (Lipinski definition) is 1. The van der Waals surface area contributed by atoms with Crippen LogP contribution in [0.1, 0.15) is 38.5 Å². The molecule has 4 rings (SSSR count). The Labute approximate surface area is 190 Å². The van der Waals surface area contributed by atoms with Crippen LogP contribution < -0.4 is 14.8 Å². The van der Waals surface area contributed by atoms with Gasteiger partial charge in [0.05, 0.1) is 19.8 Å². The molecule has 2 aliphatic rings. The predicted octanol–water partition coefficient (Wildman–Crippen LogP) is 2.30. The molecule has 2 fully saturated rings. The van der Waals surface area contributed by atoms with Crippen molar-refractivity contribution in [2.24, 2.45) is 5.92 Å². The Morgan fingerprint density at radius 3 is 2.70 bits per heavy atom. The fourth-order valence-corrected chi connectivity index (χ4v) is 4.14. The van der Waals surface area contributed by atoms with E-state index in [1.165, 1.54) is 7.11 Å². The van der Waals surface area contributed by atoms with Crippen molar-refractivity contribution in [2.75, 3.05) is 20.8 Å². The monoisotopic (exact) mass is 458 g/mol. The van der Waals surface area contributed by atoms with Crippen molar-refractivity contribution in [3.63, 3.8) is 0 Å². The van der Waals surface area contributed by atoms with E-state index in [4.69, 9.17) is 18.7 Å². The van der Waals surface area contributed by atoms with Crippen molar-refractivity contribution in [2.45, 2.75) is 44.8 Å². The van der Waals surface area contributed by atoms with E-state index >= 15 is 0 Å². The Hall–Kier alpha value is -3.63. The summed E-state index contributed by atoms with van der Waals surface area (Å²) in [4.78, 5) is 42.6. The molecule has 0 unspecified atom stereocenters. The maximum atomic E-state index is 12.8. The second-order valence-corrected chi connectivity index (χ2v) is 8.32. The molecule has 2 heterocycles. The third-order valence-corrected chi connectivity index (χ3v) is 6.14. The molecule has 1 aromatic heterocycles. The smallest absolute Gasteiger partial charge is 0.326 e. The summed E-state index contributed by atoms with van der Waals surface area (Å²) in [5.41, 5.74) is -0.325. The average molecular weight is 458 g/mol. The number of rotatable bonds is 7. The van der Waals surface area contributed by atoms with Crippen LogP contribution in [0.2, 0.25) is 0 Å². The van der Waals surface area contributed by atoms with Gasteiger partial charge >= 0.3 is 12.0 Å². The first-order valence-electron chi connectivity index (χ1n) is 10.7. The quantitative estimate of drug-likeness (QED) is 0.490. The van der Waals surface area contributed by atoms with Gasteiger partial charge in [0.15, 0.2) is 6.61 Å². The van der Waals surface area contributed by atoms with Gasteiger partial charge in [-0.15, -0.1) is 0 Å². The molecular formula is C22H26N4O7. The maximum Gasteiger partial charge on any atom is 0.326 e. The van der Waals surface area contributed by atoms with Gasteiger partial charge in [-0.05, 0) is 43.7 Å². The Kier molecular flexibility index (Phi) is 6.21. The zero-order chi connectivity index (χ0) is 23.6. The van der Waals surface area contributed by atoms with E-state index in [1.54, 1.807) is 25.3 Å². The zero-order valence-corrected chi connectivity index (χ0v) is 18.8. The first-order valence-corrected chi connectivity index (χ1v) is 10.7. The molecule has 1 N–H and O–H groups in total. The van der Waals surface area contributed by atoms with E-state index in [9.17, 15) is 14.4 Å². The van der Waals surface area contributed by atoms with Crippen molar-refractivity contribution in [3.05, 3.63) is 24.1 Å². The number of carbonyl (C=O) groups is 3. The molecule has 1 spiro atoms. The number of urea groups is 1. The number of ether oxygens (including phenoxy) is 3. The van der Waals surface area contributed by atoms with Crippen LogP contribution in [0, 0.1) is 5.92 Å². The molecule has 1 aliphatic heterocycles. The summed E-state index contributed by atoms with van der Waals surface area (Å²) in [6.07, 6.45) is 2.85. The van der Waals surface area contributed by atoms with Crippen molar-refractivity contribution < 1.29 is 33.1 Å². The molecule has 0 radical (unpaired) electrons. The summed E-state index contributed by atoms with van der Waals surface area (Å²) in [5, 5.41) is 6.67. The fourth-order valence-electron chi connectivity index (χ4n) is 4.14. The summed E-state index contributed by atoms with van der Waals surface area (Å²) in [6, 6.07) is 4.56. The number of nitrogens with zero attached hydrogens (tertiary/aromatic N) is 3. The lowest BCUT2D eigenvalue weighted by Crippen LogP contribution is -2.49. The van der Waals surface area contributed by atoms with Gasteiger partial charge in [-0.1, -0.05) is 12.1 Å². The normalized spacial score (nSPS) is 22.4. The molecule has 33 heavy (non-hydrogen) atoms. The highest BCUT2D eigenvalue weighted by atomic mass is 16.6. The highest BCUT2D eigenvalue weighted by molar-refractivity contribution is 6.08. The van der Waals surface area contributed by atoms with Crippen LogP contribution in [0.5, 0.6) is 11.5 Å². The molecule has 11 heteroatoms. The van der Waals surface area contributed by atoms with Crippen molar-refractivity contribution in [1.29, 1.82) is 0 Å². The predicted molar refractivity (Wildman–Crippen MR) is 113 cm³/mol. The standard InChI is InChI=1S/C22H26N4O7/c1-13-6-8-22(9-7-13)20(28)26(21(29)24-22)11-18(27)32-12-17-23-19(25-33-17)15-5-4-14(30-2)10-16(15)31-3/h4-5,10,13H,6-9,11-12H2,1-3H3,(H,24,29). The molecule has 176 valence electrons. The van der Waals surface area contributed by atoms with Gasteiger partial charge < -0.3 is 24.1 Å². The molecule has 3 amide bonds. The molecule has 1 saturated carbocycles. The van der Waals surface area contributed by atoms with Gasteiger partial charge in [0, 0.05) is 6.07 Å². The minimum atomic E-state index is -0.900. The number of hydrogen-bond acceptors (Lipinski definition) is 9. The number of esters is 1. The van der Waals surface area contributed by atoms with Crippen LogP contribution in [-0.2, 0) is 20.9 Å². The second-order valence-electron chi connectivity index (χ2n) is 8.32. The average Bonchev–Trinajstić information content (AvgIpc) is 3.38. The third-order valence-electron chi connectivity index (χ3n) is 6.14. The Balaban J connectivity index is 1.35. The second kappa shape index (κ2) is 9.08. The van der Waals surface area contributed by atoms with Gasteiger partial charge in [0.2, 0.25) is 5.82 Å². The minimum absolute atomic E-state index is 0.0613. The van der Waals surface area contributed by atoms with E-state index in [2.05, 4.69) is 22.4 Å². The summed E-state index contributed by atoms with van der Waals surface area (Å²) in [6.45, 7) is 1.35. The number of aromatic nitrogens is 2. The minimum Gasteiger partial charge on any atom is -0.497 e. The van der Waals surface area contributed by atoms with Crippen molar-refractivity contribution in [1.82, 2.24) is 20.4 Å². The molecule has 0 bridgehead atoms. The number of methoxy groups -OCH3 is 2. The lowest BCUT2D eigenvalue weighted by atomic mass is 9.77. The lowest BCUT2D eigenvalue weighted by Gasteiger charge is -2.33. The molecule has 11 nitrogen and oxygen atoms in total. The van der Waals surface area contributed by atoms with Gasteiger partial charge in [0.25, 0.3) is 11.8 Å². The summed E-state index contributed by atoms with van der Waals surface area (Å²) < 4.78 is 20.8. The number of imide groups is 1. The van der Waals surface area contributed by atoms with Crippen molar-refractivity contribution >= 4 is 17.9 Å². The van der Waals surface area contributed by atoms with Crippen LogP contribution in [0.3, 0.4) is 0 Å². The van der Waals surface area contributed by atoms with Gasteiger partial charge in [-0.25, -0.2) is 4.79 Å². The van der Waals surface area contributed by atoms with Gasteiger partial charge in [0.1, 0.15) is 23.6 Å². The Morgan fingerprint density at radius 2 is 2.00 bits per heavy atom. The van der Waals surface area contributed by atoms with E-state index in [0.717, 1.165) is 17.7 Å². The Bertz CT molecular complexity index is 1060. The molecule has 1 aliphatic carbocycles. The molecule has 1 aromatic carbocycles. The first kappa shape index (κ1) is 22.6. The van der Waals surface area contributed by atoms with Crippen LogP contribution >= 0.6 is 0 Å². The van der Waals surface area contributed by atoms with Crippen LogP contribution in [-0.4, -0.2) is 59.3 Å². The van der Waals surface area contributed by atoms with Gasteiger partial charge in [-0.2, -0.15) is 4.98 Å². The lowest BCUT2D eigenvalue weighted by molar-refractivity contribution is -0.149. The SMILES string of the molecule is COc1ccc(-c2noc(COC(=O)CN3C(=O)NC4(CCC(C)CC4)C3=O)n2)c(OC)c1. The molecule has 2 aromatic rings. The number of amides is 3. The van der Waals surface area contributed by atoms with E-state index in [0.29, 0.717) is 35.8 Å². The molecule has 1 saturated heterocycles. The van der Waals surface area contributed by atoms with E-state index in [-0.39, 0.29) is 24.2 Å². The van der Waals surface area contributed by atoms with Crippen LogP contribution in [0.15, 0.2) is 22.7 Å². The Morgan fingerprint density at radius 1 is 1.24 bits per heavy atom. The van der Waals surface area contributed by atoms with E-state index in [1.807, 2.05) is 0 Å². The number of benzene rings is 1. The third kappa shape index (κ3) is 4.48. The summed E-state index contributed by atoms with van der Waals surface area (Å²) in [7, 11) is 3.05. The highest BCUT2D eigenvalue weighted by Gasteiger charge is 2.52. The maximum absolute atomic E-state index is 12.8. The van der Waals surface area contributed by atoms with Crippen molar-refractivity contribution in [3.8, 4) is 22.9 Å². The largest absolute Gasteiger partial charge is 0.497 e. The highest BCUT2D eigenvalue weighted by Crippen LogP contribution is 2.36. The van der Waals surface area contributed by atoms with Crippen LogP contribution in [0.4, 0.5) is 4.79 Å². The summed E-state index contributed by atoms with van der Waals surface area (Å²) in [5.74, 6) is 0.803. The number of nitrogens with one attached hydrogen (secondary N) is 1. The number of carbonyl (C=O) groups excluding carboxylic acids is 3. The van der Waals surface area contributed by atoms with E-state index < -0.39 is 24.1 Å². The molecular weight excluding hydrogens is 432 g/mol. The van der Waals surface area contributed by atoms with Gasteiger partial charge in [-0.3, -0.25) is 14.5 Å². The first-order chi connectivity index (χ1) is 15.8. The molecule has 0 atom stereocenters. The summed E-state index contributed by atoms with van der Waals surface area (Å²) >= 11 is 0.